The Morgan fingerprint density at radius 2 is 1.45 bits per heavy atom. The molecular formula is C19H38S. The zero-order valence-corrected chi connectivity index (χ0v) is 15.2. The van der Waals surface area contributed by atoms with Gasteiger partial charge in [0, 0.05) is 4.75 Å². The van der Waals surface area contributed by atoms with Gasteiger partial charge in [-0.25, -0.2) is 0 Å². The zero-order chi connectivity index (χ0) is 14.7. The van der Waals surface area contributed by atoms with E-state index in [0.29, 0.717) is 0 Å². The number of rotatable bonds is 14. The van der Waals surface area contributed by atoms with Gasteiger partial charge >= 0.3 is 0 Å². The second-order valence-electron chi connectivity index (χ2n) is 6.83. The van der Waals surface area contributed by atoms with Gasteiger partial charge in [0.05, 0.1) is 0 Å². The molecule has 0 aromatic carbocycles. The first-order chi connectivity index (χ1) is 9.79. The van der Waals surface area contributed by atoms with Crippen LogP contribution in [0, 0.1) is 5.92 Å². The summed E-state index contributed by atoms with van der Waals surface area (Å²) in [5, 5.41) is 0. The fourth-order valence-corrected chi connectivity index (χ4v) is 5.00. The first kappa shape index (κ1) is 18.4. The molecule has 0 unspecified atom stereocenters. The summed E-state index contributed by atoms with van der Waals surface area (Å²) < 4.78 is 0.731. The second kappa shape index (κ2) is 11.0. The van der Waals surface area contributed by atoms with Gasteiger partial charge in [-0.15, -0.1) is 0 Å². The van der Waals surface area contributed by atoms with E-state index in [-0.39, 0.29) is 0 Å². The van der Waals surface area contributed by atoms with Crippen molar-refractivity contribution >= 4 is 11.8 Å². The molecule has 0 radical (unpaired) electrons. The summed E-state index contributed by atoms with van der Waals surface area (Å²) in [6.07, 6.45) is 18.9. The van der Waals surface area contributed by atoms with Crippen LogP contribution in [0.15, 0.2) is 0 Å². The maximum absolute atomic E-state index is 2.33. The molecule has 0 aromatic heterocycles. The lowest BCUT2D eigenvalue weighted by Crippen LogP contribution is -2.08. The largest absolute Gasteiger partial charge is 0.155 e. The maximum Gasteiger partial charge on any atom is 0.0191 e. The summed E-state index contributed by atoms with van der Waals surface area (Å²) in [5.41, 5.74) is 0. The molecule has 0 N–H and O–H groups in total. The highest BCUT2D eigenvalue weighted by atomic mass is 32.2. The van der Waals surface area contributed by atoms with E-state index in [0.717, 1.165) is 10.7 Å². The van der Waals surface area contributed by atoms with Crippen LogP contribution < -0.4 is 0 Å². The van der Waals surface area contributed by atoms with Crippen LogP contribution in [-0.2, 0) is 0 Å². The van der Waals surface area contributed by atoms with Gasteiger partial charge in [0.25, 0.3) is 0 Å². The number of hydrogen-bond acceptors (Lipinski definition) is 1. The number of hydrogen-bond donors (Lipinski definition) is 0. The van der Waals surface area contributed by atoms with E-state index in [1.165, 1.54) is 89.2 Å². The van der Waals surface area contributed by atoms with Gasteiger partial charge in [-0.1, -0.05) is 78.6 Å². The molecule has 1 rings (SSSR count). The Balaban J connectivity index is 2.14. The van der Waals surface area contributed by atoms with Gasteiger partial charge in [-0.3, -0.25) is 0 Å². The molecular weight excluding hydrogens is 260 g/mol. The Kier molecular flexibility index (Phi) is 10.1. The highest BCUT2D eigenvalue weighted by Crippen LogP contribution is 2.59. The van der Waals surface area contributed by atoms with Gasteiger partial charge in [-0.2, -0.15) is 11.8 Å². The predicted molar refractivity (Wildman–Crippen MR) is 95.7 cm³/mol. The smallest absolute Gasteiger partial charge is 0.0191 e. The molecule has 0 bridgehead atoms. The van der Waals surface area contributed by atoms with Crippen LogP contribution in [0.1, 0.15) is 104 Å². The number of thioether (sulfide) groups is 1. The van der Waals surface area contributed by atoms with Gasteiger partial charge in [-0.05, 0) is 37.4 Å². The summed E-state index contributed by atoms with van der Waals surface area (Å²) in [6.45, 7) is 6.96. The van der Waals surface area contributed by atoms with Crippen LogP contribution in [0.5, 0.6) is 0 Å². The Labute approximate surface area is 132 Å². The fraction of sp³-hybridized carbons (Fsp3) is 1.00. The van der Waals surface area contributed by atoms with E-state index in [2.05, 4.69) is 32.5 Å². The lowest BCUT2D eigenvalue weighted by Gasteiger charge is -2.17. The normalized spacial score (nSPS) is 25.1. The van der Waals surface area contributed by atoms with Gasteiger partial charge in [0.2, 0.25) is 0 Å². The SMILES string of the molecule is CCCCCCCC[C@H]1C[C@]1(CCCCC)SCCC. The van der Waals surface area contributed by atoms with Crippen molar-refractivity contribution in [2.75, 3.05) is 5.75 Å². The summed E-state index contributed by atoms with van der Waals surface area (Å²) in [5.74, 6) is 2.46. The summed E-state index contributed by atoms with van der Waals surface area (Å²) in [7, 11) is 0. The first-order valence-corrected chi connectivity index (χ1v) is 10.4. The molecule has 1 aliphatic rings. The van der Waals surface area contributed by atoms with Crippen LogP contribution in [0.2, 0.25) is 0 Å². The highest BCUT2D eigenvalue weighted by molar-refractivity contribution is 8.00. The van der Waals surface area contributed by atoms with Crippen molar-refractivity contribution in [2.45, 2.75) is 109 Å². The molecule has 0 aliphatic heterocycles. The second-order valence-corrected chi connectivity index (χ2v) is 8.34. The maximum atomic E-state index is 2.33. The first-order valence-electron chi connectivity index (χ1n) is 9.43. The molecule has 2 atom stereocenters. The van der Waals surface area contributed by atoms with Gasteiger partial charge < -0.3 is 0 Å². The lowest BCUT2D eigenvalue weighted by atomic mass is 10.0. The van der Waals surface area contributed by atoms with E-state index in [1.54, 1.807) is 0 Å². The van der Waals surface area contributed by atoms with Crippen molar-refractivity contribution in [3.05, 3.63) is 0 Å². The third-order valence-electron chi connectivity index (χ3n) is 4.88. The van der Waals surface area contributed by atoms with Crippen molar-refractivity contribution < 1.29 is 0 Å². The van der Waals surface area contributed by atoms with Crippen molar-refractivity contribution in [3.63, 3.8) is 0 Å². The Bertz CT molecular complexity index is 226. The molecule has 0 saturated heterocycles. The molecule has 1 fully saturated rings. The third kappa shape index (κ3) is 6.87. The van der Waals surface area contributed by atoms with Crippen LogP contribution in [-0.4, -0.2) is 10.5 Å². The topological polar surface area (TPSA) is 0 Å². The minimum Gasteiger partial charge on any atom is -0.155 e. The summed E-state index contributed by atoms with van der Waals surface area (Å²) in [4.78, 5) is 0. The quantitative estimate of drug-likeness (QED) is 0.305. The van der Waals surface area contributed by atoms with Crippen LogP contribution in [0.3, 0.4) is 0 Å². The monoisotopic (exact) mass is 298 g/mol. The van der Waals surface area contributed by atoms with Crippen LogP contribution >= 0.6 is 11.8 Å². The van der Waals surface area contributed by atoms with Crippen LogP contribution in [0.4, 0.5) is 0 Å². The zero-order valence-electron chi connectivity index (χ0n) is 14.4. The lowest BCUT2D eigenvalue weighted by molar-refractivity contribution is 0.539. The third-order valence-corrected chi connectivity index (χ3v) is 6.77. The number of unbranched alkanes of at least 4 members (excludes halogenated alkanes) is 7. The minimum atomic E-state index is 0.731. The van der Waals surface area contributed by atoms with E-state index >= 15 is 0 Å². The van der Waals surface area contributed by atoms with Gasteiger partial charge in [0.1, 0.15) is 0 Å². The molecule has 1 heteroatoms. The van der Waals surface area contributed by atoms with E-state index in [1.807, 2.05) is 0 Å². The molecule has 20 heavy (non-hydrogen) atoms. The van der Waals surface area contributed by atoms with Crippen LogP contribution in [0.25, 0.3) is 0 Å². The highest BCUT2D eigenvalue weighted by Gasteiger charge is 2.52. The molecule has 1 saturated carbocycles. The molecule has 0 heterocycles. The standard InChI is InChI=1S/C19H38S/c1-4-7-9-10-11-12-14-18-17-19(18,20-16-6-3)15-13-8-5-2/h18H,4-17H2,1-3H3/t18-,19-/m0/s1. The summed E-state index contributed by atoms with van der Waals surface area (Å²) in [6, 6.07) is 0. The van der Waals surface area contributed by atoms with Gasteiger partial charge in [0.15, 0.2) is 0 Å². The summed E-state index contributed by atoms with van der Waals surface area (Å²) >= 11 is 2.32. The molecule has 0 aromatic rings. The molecule has 0 nitrogen and oxygen atoms in total. The minimum absolute atomic E-state index is 0.731. The molecule has 1 aliphatic carbocycles. The fourth-order valence-electron chi connectivity index (χ4n) is 3.43. The van der Waals surface area contributed by atoms with Crippen molar-refractivity contribution in [2.24, 2.45) is 5.92 Å². The van der Waals surface area contributed by atoms with Crippen molar-refractivity contribution in [1.82, 2.24) is 0 Å². The Hall–Kier alpha value is 0.350. The molecule has 0 spiro atoms. The molecule has 120 valence electrons. The average Bonchev–Trinajstić information content (AvgIpc) is 3.14. The van der Waals surface area contributed by atoms with E-state index in [9.17, 15) is 0 Å². The Morgan fingerprint density at radius 3 is 2.15 bits per heavy atom. The average molecular weight is 299 g/mol. The molecule has 0 amide bonds. The Morgan fingerprint density at radius 1 is 0.800 bits per heavy atom. The van der Waals surface area contributed by atoms with Crippen molar-refractivity contribution in [3.8, 4) is 0 Å². The predicted octanol–water partition coefficient (Wildman–Crippen LogP) is 7.22. The van der Waals surface area contributed by atoms with E-state index in [4.69, 9.17) is 0 Å². The van der Waals surface area contributed by atoms with Crippen molar-refractivity contribution in [1.29, 1.82) is 0 Å². The van der Waals surface area contributed by atoms with E-state index < -0.39 is 0 Å².